The highest BCUT2D eigenvalue weighted by atomic mass is 15.1. The van der Waals surface area contributed by atoms with Gasteiger partial charge in [-0.3, -0.25) is 0 Å². The molecule has 0 N–H and O–H groups in total. The molecule has 0 saturated heterocycles. The topological polar surface area (TPSA) is 12.0 Å². The summed E-state index contributed by atoms with van der Waals surface area (Å²) in [7, 11) is 4.00. The van der Waals surface area contributed by atoms with Crippen molar-refractivity contribution in [3.05, 3.63) is 144 Å². The Bertz CT molecular complexity index is 1830. The SMILES string of the molecule is Cc1cc([N+]2=C=[N+](C)C=C2)cc(C2(c3cccc([N+]4=C=[N+](C)C=C4)c3)c3ccccc3-c3ccccc32)c1. The Labute approximate surface area is 222 Å². The van der Waals surface area contributed by atoms with Crippen LogP contribution in [0.2, 0.25) is 0 Å². The zero-order chi connectivity index (χ0) is 25.9. The summed E-state index contributed by atoms with van der Waals surface area (Å²) in [6.07, 6.45) is 8.15. The summed E-state index contributed by atoms with van der Waals surface area (Å²) in [6, 6.07) is 40.3. The predicted molar refractivity (Wildman–Crippen MR) is 149 cm³/mol. The average Bonchev–Trinajstić information content (AvgIpc) is 3.65. The van der Waals surface area contributed by atoms with Crippen LogP contribution in [0.1, 0.15) is 27.8 Å². The van der Waals surface area contributed by atoms with Crippen molar-refractivity contribution in [2.24, 2.45) is 0 Å². The standard InChI is InChI=1S/C34H28N4/c1-25-19-27(22-29(20-25)38-18-16-36(3)24-38)34(26-9-8-10-28(21-26)37-17-15-35(2)23-37)32-13-6-4-11-30(32)31-12-5-7-14-33(31)34/h4-22H,1-3H3/q+4. The van der Waals surface area contributed by atoms with Gasteiger partial charge in [0.25, 0.3) is 12.4 Å². The van der Waals surface area contributed by atoms with E-state index in [2.05, 4.69) is 131 Å². The van der Waals surface area contributed by atoms with E-state index in [-0.39, 0.29) is 0 Å². The molecule has 4 aromatic carbocycles. The average molecular weight is 493 g/mol. The van der Waals surface area contributed by atoms with Gasteiger partial charge in [0.05, 0.1) is 5.41 Å². The molecule has 2 heterocycles. The second-order valence-corrected chi connectivity index (χ2v) is 10.2. The Morgan fingerprint density at radius 3 is 1.74 bits per heavy atom. The van der Waals surface area contributed by atoms with E-state index in [1.165, 1.54) is 38.9 Å². The van der Waals surface area contributed by atoms with E-state index in [9.17, 15) is 0 Å². The first-order chi connectivity index (χ1) is 18.5. The minimum absolute atomic E-state index is 0.478. The highest BCUT2D eigenvalue weighted by molar-refractivity contribution is 5.86. The van der Waals surface area contributed by atoms with Crippen LogP contribution in [0, 0.1) is 6.92 Å². The first kappa shape index (κ1) is 22.3. The first-order valence-corrected chi connectivity index (χ1v) is 12.9. The van der Waals surface area contributed by atoms with Gasteiger partial charge in [0.15, 0.2) is 14.1 Å². The fraction of sp³-hybridized carbons (Fsp3) is 0.118. The third kappa shape index (κ3) is 3.26. The quantitative estimate of drug-likeness (QED) is 0.263. The molecule has 0 bridgehead atoms. The van der Waals surface area contributed by atoms with Gasteiger partial charge in [-0.25, -0.2) is 0 Å². The Hall–Kier alpha value is -4.88. The molecule has 4 nitrogen and oxygen atoms in total. The molecule has 4 aromatic rings. The lowest BCUT2D eigenvalue weighted by Gasteiger charge is -2.33. The first-order valence-electron chi connectivity index (χ1n) is 12.9. The zero-order valence-electron chi connectivity index (χ0n) is 21.8. The normalized spacial score (nSPS) is 16.1. The second-order valence-electron chi connectivity index (χ2n) is 10.2. The molecule has 180 valence electrons. The number of benzene rings is 4. The molecular weight excluding hydrogens is 464 g/mol. The van der Waals surface area contributed by atoms with Crippen molar-refractivity contribution in [3.63, 3.8) is 0 Å². The Balaban J connectivity index is 1.59. The number of hydrogen-bond donors (Lipinski definition) is 0. The van der Waals surface area contributed by atoms with E-state index < -0.39 is 5.41 Å². The number of rotatable bonds is 4. The van der Waals surface area contributed by atoms with Crippen LogP contribution >= 0.6 is 0 Å². The summed E-state index contributed by atoms with van der Waals surface area (Å²) in [4.78, 5) is 0. The summed E-state index contributed by atoms with van der Waals surface area (Å²) in [5, 5.41) is 0. The van der Waals surface area contributed by atoms with Crippen LogP contribution in [-0.2, 0) is 5.41 Å². The second kappa shape index (κ2) is 8.33. The molecule has 0 radical (unpaired) electrons. The summed E-state index contributed by atoms with van der Waals surface area (Å²) >= 11 is 0. The molecule has 0 fully saturated rings. The number of hydrogen-bond acceptors (Lipinski definition) is 0. The fourth-order valence-electron chi connectivity index (χ4n) is 6.13. The number of fused-ring (bicyclic) bond motifs is 3. The molecule has 7 rings (SSSR count). The molecule has 0 aromatic heterocycles. The van der Waals surface area contributed by atoms with Crippen LogP contribution in [0.15, 0.2) is 116 Å². The summed E-state index contributed by atoms with van der Waals surface area (Å²) in [6.45, 7) is 2.18. The van der Waals surface area contributed by atoms with Crippen molar-refractivity contribution in [3.8, 4) is 11.1 Å². The Morgan fingerprint density at radius 1 is 0.553 bits per heavy atom. The Morgan fingerprint density at radius 2 is 1.13 bits per heavy atom. The molecule has 4 heteroatoms. The molecule has 0 saturated carbocycles. The summed E-state index contributed by atoms with van der Waals surface area (Å²) in [5.74, 6) is 0. The molecule has 38 heavy (non-hydrogen) atoms. The zero-order valence-corrected chi connectivity index (χ0v) is 21.8. The molecule has 0 unspecified atom stereocenters. The Kier molecular flexibility index (Phi) is 4.89. The molecule has 3 aliphatic rings. The number of nitrogens with zero attached hydrogens (tertiary/aromatic N) is 4. The van der Waals surface area contributed by atoms with Crippen LogP contribution in [0.4, 0.5) is 11.4 Å². The minimum Gasteiger partial charge on any atom is -0.0968 e. The van der Waals surface area contributed by atoms with Gasteiger partial charge in [-0.1, -0.05) is 85.0 Å². The third-order valence-corrected chi connectivity index (χ3v) is 7.69. The third-order valence-electron chi connectivity index (χ3n) is 7.69. The molecule has 1 aliphatic carbocycles. The van der Waals surface area contributed by atoms with Crippen molar-refractivity contribution < 1.29 is 18.3 Å². The molecular formula is C34H28N4+4. The predicted octanol–water partition coefficient (Wildman–Crippen LogP) is 6.25. The van der Waals surface area contributed by atoms with E-state index in [4.69, 9.17) is 0 Å². The largest absolute Gasteiger partial charge is 0.495 e. The van der Waals surface area contributed by atoms with Crippen molar-refractivity contribution in [1.82, 2.24) is 0 Å². The van der Waals surface area contributed by atoms with Crippen molar-refractivity contribution >= 4 is 23.4 Å². The van der Waals surface area contributed by atoms with Gasteiger partial charge in [-0.15, -0.1) is 0 Å². The van der Waals surface area contributed by atoms with Crippen LogP contribution < -0.4 is 0 Å². The van der Waals surface area contributed by atoms with Crippen LogP contribution in [0.3, 0.4) is 0 Å². The smallest absolute Gasteiger partial charge is 0.0968 e. The van der Waals surface area contributed by atoms with Crippen molar-refractivity contribution in [2.75, 3.05) is 14.1 Å². The van der Waals surface area contributed by atoms with Gasteiger partial charge >= 0.3 is 12.0 Å². The molecule has 2 aliphatic heterocycles. The summed E-state index contributed by atoms with van der Waals surface area (Å²) in [5.41, 5.74) is 10.6. The van der Waals surface area contributed by atoms with Gasteiger partial charge in [0, 0.05) is 24.3 Å². The van der Waals surface area contributed by atoms with E-state index in [1.54, 1.807) is 0 Å². The van der Waals surface area contributed by atoms with Gasteiger partial charge in [-0.05, 0) is 45.9 Å². The van der Waals surface area contributed by atoms with E-state index >= 15 is 0 Å². The monoisotopic (exact) mass is 492 g/mol. The minimum atomic E-state index is -0.478. The van der Waals surface area contributed by atoms with E-state index in [1.807, 2.05) is 35.6 Å². The highest BCUT2D eigenvalue weighted by Gasteiger charge is 2.47. The van der Waals surface area contributed by atoms with E-state index in [0.29, 0.717) is 0 Å². The van der Waals surface area contributed by atoms with Crippen molar-refractivity contribution in [1.29, 1.82) is 0 Å². The fourth-order valence-corrected chi connectivity index (χ4v) is 6.13. The molecule has 0 amide bonds. The lowest BCUT2D eigenvalue weighted by Crippen LogP contribution is -2.29. The maximum atomic E-state index is 3.38. The summed E-state index contributed by atoms with van der Waals surface area (Å²) < 4.78 is 8.03. The van der Waals surface area contributed by atoms with Crippen molar-refractivity contribution in [2.45, 2.75) is 12.3 Å². The lowest BCUT2D eigenvalue weighted by molar-refractivity contribution is -0.429. The highest BCUT2D eigenvalue weighted by Crippen LogP contribution is 2.56. The van der Waals surface area contributed by atoms with Gasteiger partial charge in [0.2, 0.25) is 23.8 Å². The number of aryl methyl sites for hydroxylation is 1. The van der Waals surface area contributed by atoms with Gasteiger partial charge in [0.1, 0.15) is 0 Å². The molecule has 0 atom stereocenters. The van der Waals surface area contributed by atoms with Crippen LogP contribution in [0.25, 0.3) is 11.1 Å². The van der Waals surface area contributed by atoms with Gasteiger partial charge in [-0.2, -0.15) is 0 Å². The van der Waals surface area contributed by atoms with E-state index in [0.717, 1.165) is 11.4 Å². The van der Waals surface area contributed by atoms with Gasteiger partial charge < -0.3 is 0 Å². The lowest BCUT2D eigenvalue weighted by atomic mass is 9.67. The maximum Gasteiger partial charge on any atom is 0.495 e. The maximum absolute atomic E-state index is 3.38. The van der Waals surface area contributed by atoms with Crippen LogP contribution in [-0.4, -0.2) is 44.4 Å². The van der Waals surface area contributed by atoms with Crippen LogP contribution in [0.5, 0.6) is 0 Å². The molecule has 0 spiro atoms.